The Kier molecular flexibility index (Phi) is 6.81. The second-order valence-corrected chi connectivity index (χ2v) is 9.08. The van der Waals surface area contributed by atoms with E-state index in [0.717, 1.165) is 49.0 Å². The smallest absolute Gasteiger partial charge is 0.228 e. The minimum absolute atomic E-state index is 0.00158. The number of amides is 2. The molecule has 1 atom stereocenters. The summed E-state index contributed by atoms with van der Waals surface area (Å²) in [6.45, 7) is 5.27. The Morgan fingerprint density at radius 2 is 1.74 bits per heavy atom. The average Bonchev–Trinajstić information content (AvgIpc) is 3.54. The fraction of sp³-hybridized carbons (Fsp3) is 0.370. The lowest BCUT2D eigenvalue weighted by molar-refractivity contribution is -0.137. The van der Waals surface area contributed by atoms with Crippen LogP contribution in [0.4, 0.5) is 5.69 Å². The molecule has 0 saturated carbocycles. The minimum Gasteiger partial charge on any atom is -0.497 e. The number of methoxy groups -OCH3 is 1. The third-order valence-electron chi connectivity index (χ3n) is 6.95. The van der Waals surface area contributed by atoms with Gasteiger partial charge in [-0.15, -0.1) is 0 Å². The second-order valence-electron chi connectivity index (χ2n) is 9.08. The van der Waals surface area contributed by atoms with Crippen LogP contribution in [-0.4, -0.2) is 77.5 Å². The van der Waals surface area contributed by atoms with E-state index in [1.807, 2.05) is 59.8 Å². The van der Waals surface area contributed by atoms with Crippen molar-refractivity contribution in [2.45, 2.75) is 13.0 Å². The number of piperazine rings is 1. The molecule has 3 heterocycles. The van der Waals surface area contributed by atoms with Crippen molar-refractivity contribution >= 4 is 17.5 Å². The zero-order valence-electron chi connectivity index (χ0n) is 20.0. The van der Waals surface area contributed by atoms with Gasteiger partial charge in [0, 0.05) is 75.9 Å². The highest BCUT2D eigenvalue weighted by molar-refractivity contribution is 6.00. The lowest BCUT2D eigenvalue weighted by atomic mass is 10.1. The zero-order valence-corrected chi connectivity index (χ0v) is 20.0. The minimum atomic E-state index is -0.282. The van der Waals surface area contributed by atoms with Gasteiger partial charge >= 0.3 is 0 Å². The molecule has 8 heteroatoms. The van der Waals surface area contributed by atoms with Crippen molar-refractivity contribution in [2.75, 3.05) is 51.3 Å². The first-order valence-electron chi connectivity index (χ1n) is 12.1. The summed E-state index contributed by atoms with van der Waals surface area (Å²) in [5.41, 5.74) is 1.92. The van der Waals surface area contributed by atoms with Crippen molar-refractivity contribution in [2.24, 2.45) is 5.92 Å². The van der Waals surface area contributed by atoms with Crippen molar-refractivity contribution in [1.29, 1.82) is 0 Å². The number of imidazole rings is 1. The van der Waals surface area contributed by atoms with Crippen LogP contribution >= 0.6 is 0 Å². The number of aromatic nitrogens is 2. The Morgan fingerprint density at radius 1 is 1.00 bits per heavy atom. The van der Waals surface area contributed by atoms with Gasteiger partial charge in [0.25, 0.3) is 0 Å². The maximum absolute atomic E-state index is 13.2. The van der Waals surface area contributed by atoms with Crippen LogP contribution in [0.2, 0.25) is 0 Å². The van der Waals surface area contributed by atoms with E-state index in [1.54, 1.807) is 12.0 Å². The second kappa shape index (κ2) is 10.3. The van der Waals surface area contributed by atoms with Crippen LogP contribution in [0.25, 0.3) is 11.4 Å². The zero-order chi connectivity index (χ0) is 24.2. The molecule has 0 aliphatic carbocycles. The molecule has 0 N–H and O–H groups in total. The summed E-state index contributed by atoms with van der Waals surface area (Å²) in [5, 5.41) is 0. The maximum atomic E-state index is 13.2. The highest BCUT2D eigenvalue weighted by atomic mass is 16.5. The normalized spacial score (nSPS) is 18.8. The van der Waals surface area contributed by atoms with Crippen LogP contribution in [0.3, 0.4) is 0 Å². The van der Waals surface area contributed by atoms with Crippen molar-refractivity contribution in [3.05, 3.63) is 67.0 Å². The predicted molar refractivity (Wildman–Crippen MR) is 134 cm³/mol. The number of anilines is 1. The lowest BCUT2D eigenvalue weighted by Gasteiger charge is -2.36. The number of rotatable bonds is 7. The number of benzene rings is 2. The number of ether oxygens (including phenoxy) is 1. The molecule has 5 rings (SSSR count). The van der Waals surface area contributed by atoms with E-state index < -0.39 is 0 Å². The molecule has 2 aromatic carbocycles. The van der Waals surface area contributed by atoms with Gasteiger partial charge in [0.05, 0.1) is 13.0 Å². The van der Waals surface area contributed by atoms with Crippen molar-refractivity contribution in [3.8, 4) is 17.1 Å². The van der Waals surface area contributed by atoms with Crippen molar-refractivity contribution in [1.82, 2.24) is 19.4 Å². The topological polar surface area (TPSA) is 70.9 Å². The van der Waals surface area contributed by atoms with Gasteiger partial charge in [-0.25, -0.2) is 4.98 Å². The molecule has 2 aliphatic heterocycles. The third kappa shape index (κ3) is 5.07. The first-order chi connectivity index (χ1) is 17.1. The fourth-order valence-corrected chi connectivity index (χ4v) is 4.92. The molecule has 1 unspecified atom stereocenters. The van der Waals surface area contributed by atoms with E-state index in [9.17, 15) is 9.59 Å². The molecule has 2 aliphatic rings. The summed E-state index contributed by atoms with van der Waals surface area (Å²) >= 11 is 0. The van der Waals surface area contributed by atoms with E-state index >= 15 is 0 Å². The molecular formula is C27H31N5O3. The van der Waals surface area contributed by atoms with Gasteiger partial charge in [-0.05, 0) is 24.3 Å². The van der Waals surface area contributed by atoms with E-state index in [4.69, 9.17) is 4.74 Å². The fourth-order valence-electron chi connectivity index (χ4n) is 4.92. The largest absolute Gasteiger partial charge is 0.497 e. The number of carbonyl (C=O) groups is 2. The lowest BCUT2D eigenvalue weighted by Crippen LogP contribution is -2.51. The summed E-state index contributed by atoms with van der Waals surface area (Å²) in [7, 11) is 1.62. The van der Waals surface area contributed by atoms with Gasteiger partial charge in [0.1, 0.15) is 11.6 Å². The molecule has 8 nitrogen and oxygen atoms in total. The molecule has 0 radical (unpaired) electrons. The molecule has 3 aromatic rings. The first-order valence-corrected chi connectivity index (χ1v) is 12.1. The van der Waals surface area contributed by atoms with Gasteiger partial charge < -0.3 is 19.1 Å². The maximum Gasteiger partial charge on any atom is 0.228 e. The van der Waals surface area contributed by atoms with Gasteiger partial charge in [-0.2, -0.15) is 0 Å². The highest BCUT2D eigenvalue weighted by Crippen LogP contribution is 2.28. The molecule has 182 valence electrons. The third-order valence-corrected chi connectivity index (χ3v) is 6.95. The summed E-state index contributed by atoms with van der Waals surface area (Å²) in [4.78, 5) is 36.3. The van der Waals surface area contributed by atoms with Crippen LogP contribution in [0.1, 0.15) is 6.42 Å². The molecule has 2 amide bonds. The number of nitrogens with zero attached hydrogens (tertiary/aromatic N) is 5. The molecular weight excluding hydrogens is 442 g/mol. The van der Waals surface area contributed by atoms with E-state index in [0.29, 0.717) is 19.6 Å². The van der Waals surface area contributed by atoms with Gasteiger partial charge in [0.2, 0.25) is 11.8 Å². The Labute approximate surface area is 205 Å². The molecule has 2 saturated heterocycles. The number of hydrogen-bond donors (Lipinski definition) is 0. The van der Waals surface area contributed by atoms with Crippen molar-refractivity contribution < 1.29 is 14.3 Å². The monoisotopic (exact) mass is 473 g/mol. The quantitative estimate of drug-likeness (QED) is 0.528. The van der Waals surface area contributed by atoms with Crippen LogP contribution in [-0.2, 0) is 16.1 Å². The SMILES string of the molecule is COc1ccc(N2CC(C(=O)N3CCN(CCn4ccnc4-c4ccccc4)CC3)CC2=O)cc1. The van der Waals surface area contributed by atoms with E-state index in [-0.39, 0.29) is 24.2 Å². The van der Waals surface area contributed by atoms with Crippen molar-refractivity contribution in [3.63, 3.8) is 0 Å². The first kappa shape index (κ1) is 23.1. The standard InChI is InChI=1S/C27H31N5O3/c1-35-24-9-7-23(8-10-24)32-20-22(19-25(32)33)27(34)31-17-14-29(15-18-31)13-16-30-12-11-28-26(30)21-5-3-2-4-6-21/h2-12,22H,13-20H2,1H3. The van der Waals surface area contributed by atoms with E-state index in [1.165, 1.54) is 0 Å². The molecule has 35 heavy (non-hydrogen) atoms. The summed E-state index contributed by atoms with van der Waals surface area (Å²) < 4.78 is 7.38. The molecule has 0 spiro atoms. The Morgan fingerprint density at radius 3 is 2.46 bits per heavy atom. The number of carbonyl (C=O) groups excluding carboxylic acids is 2. The molecule has 2 fully saturated rings. The van der Waals surface area contributed by atoms with Crippen LogP contribution in [0.5, 0.6) is 5.75 Å². The molecule has 1 aromatic heterocycles. The summed E-state index contributed by atoms with van der Waals surface area (Å²) in [6.07, 6.45) is 4.14. The predicted octanol–water partition coefficient (Wildman–Crippen LogP) is 2.76. The van der Waals surface area contributed by atoms with Crippen LogP contribution in [0, 0.1) is 5.92 Å². The van der Waals surface area contributed by atoms with E-state index in [2.05, 4.69) is 26.6 Å². The Bertz CT molecular complexity index is 1150. The Hall–Kier alpha value is -3.65. The van der Waals surface area contributed by atoms with Gasteiger partial charge in [0.15, 0.2) is 0 Å². The summed E-state index contributed by atoms with van der Waals surface area (Å²) in [5.74, 6) is 1.54. The van der Waals surface area contributed by atoms with Gasteiger partial charge in [-0.3, -0.25) is 14.5 Å². The number of hydrogen-bond acceptors (Lipinski definition) is 5. The Balaban J connectivity index is 1.12. The summed E-state index contributed by atoms with van der Waals surface area (Å²) in [6, 6.07) is 17.6. The highest BCUT2D eigenvalue weighted by Gasteiger charge is 2.37. The average molecular weight is 474 g/mol. The van der Waals surface area contributed by atoms with Gasteiger partial charge in [-0.1, -0.05) is 30.3 Å². The van der Waals surface area contributed by atoms with Crippen LogP contribution in [0.15, 0.2) is 67.0 Å². The van der Waals surface area contributed by atoms with Crippen LogP contribution < -0.4 is 9.64 Å². The molecule has 0 bridgehead atoms.